The molecule has 0 bridgehead atoms. The third kappa shape index (κ3) is 4.16. The standard InChI is InChI=1S/C15H22F2N2/c1-2-8-19-9-3-4-12(7-10-19)18-13-5-6-14(16)15(17)11-13/h5-6,11-12,18H,2-4,7-10H2,1H3. The molecule has 1 N–H and O–H groups in total. The van der Waals surface area contributed by atoms with Gasteiger partial charge in [0.2, 0.25) is 0 Å². The highest BCUT2D eigenvalue weighted by Crippen LogP contribution is 2.19. The van der Waals surface area contributed by atoms with E-state index < -0.39 is 11.6 Å². The van der Waals surface area contributed by atoms with E-state index in [1.165, 1.54) is 18.6 Å². The van der Waals surface area contributed by atoms with Gasteiger partial charge in [-0.15, -0.1) is 0 Å². The Kier molecular flexibility index (Phi) is 5.14. The summed E-state index contributed by atoms with van der Waals surface area (Å²) in [5.41, 5.74) is 0.674. The molecule has 1 fully saturated rings. The minimum atomic E-state index is -0.791. The van der Waals surface area contributed by atoms with Crippen LogP contribution in [0.25, 0.3) is 0 Å². The van der Waals surface area contributed by atoms with Crippen molar-refractivity contribution in [3.8, 4) is 0 Å². The van der Waals surface area contributed by atoms with E-state index in [1.54, 1.807) is 6.07 Å². The molecule has 1 saturated heterocycles. The van der Waals surface area contributed by atoms with Crippen molar-refractivity contribution in [2.45, 2.75) is 38.6 Å². The number of nitrogens with one attached hydrogen (secondary N) is 1. The van der Waals surface area contributed by atoms with Crippen LogP contribution in [-0.4, -0.2) is 30.6 Å². The third-order valence-corrected chi connectivity index (χ3v) is 3.65. The normalized spacial score (nSPS) is 21.1. The van der Waals surface area contributed by atoms with E-state index in [9.17, 15) is 8.78 Å². The first-order valence-corrected chi connectivity index (χ1v) is 7.13. The average molecular weight is 268 g/mol. The van der Waals surface area contributed by atoms with E-state index >= 15 is 0 Å². The molecule has 1 aliphatic rings. The lowest BCUT2D eigenvalue weighted by atomic mass is 10.1. The molecule has 2 rings (SSSR count). The number of hydrogen-bond acceptors (Lipinski definition) is 2. The number of benzene rings is 1. The van der Waals surface area contributed by atoms with Crippen molar-refractivity contribution in [1.29, 1.82) is 0 Å². The lowest BCUT2D eigenvalue weighted by Crippen LogP contribution is -2.27. The van der Waals surface area contributed by atoms with E-state index in [0.29, 0.717) is 11.7 Å². The minimum Gasteiger partial charge on any atom is -0.382 e. The predicted octanol–water partition coefficient (Wildman–Crippen LogP) is 3.64. The van der Waals surface area contributed by atoms with Crippen LogP contribution in [0.4, 0.5) is 14.5 Å². The van der Waals surface area contributed by atoms with Crippen LogP contribution in [0, 0.1) is 11.6 Å². The van der Waals surface area contributed by atoms with Gasteiger partial charge >= 0.3 is 0 Å². The summed E-state index contributed by atoms with van der Waals surface area (Å²) in [4.78, 5) is 2.48. The molecule has 106 valence electrons. The van der Waals surface area contributed by atoms with Crippen molar-refractivity contribution >= 4 is 5.69 Å². The van der Waals surface area contributed by atoms with Gasteiger partial charge in [0.25, 0.3) is 0 Å². The Bertz CT molecular complexity index is 409. The second-order valence-electron chi connectivity index (χ2n) is 5.24. The van der Waals surface area contributed by atoms with Gasteiger partial charge in [-0.3, -0.25) is 0 Å². The van der Waals surface area contributed by atoms with E-state index in [2.05, 4.69) is 17.1 Å². The van der Waals surface area contributed by atoms with Gasteiger partial charge < -0.3 is 10.2 Å². The first kappa shape index (κ1) is 14.3. The van der Waals surface area contributed by atoms with Gasteiger partial charge in [-0.1, -0.05) is 6.92 Å². The van der Waals surface area contributed by atoms with Crippen molar-refractivity contribution in [3.05, 3.63) is 29.8 Å². The fourth-order valence-corrected chi connectivity index (χ4v) is 2.66. The Labute approximate surface area is 113 Å². The highest BCUT2D eigenvalue weighted by atomic mass is 19.2. The monoisotopic (exact) mass is 268 g/mol. The van der Waals surface area contributed by atoms with Crippen molar-refractivity contribution < 1.29 is 8.78 Å². The van der Waals surface area contributed by atoms with Crippen LogP contribution in [0.2, 0.25) is 0 Å². The van der Waals surface area contributed by atoms with Crippen LogP contribution in [0.3, 0.4) is 0 Å². The molecule has 0 spiro atoms. The van der Waals surface area contributed by atoms with Crippen LogP contribution in [0.1, 0.15) is 32.6 Å². The Hall–Kier alpha value is -1.16. The van der Waals surface area contributed by atoms with Gasteiger partial charge in [0, 0.05) is 24.3 Å². The topological polar surface area (TPSA) is 15.3 Å². The summed E-state index contributed by atoms with van der Waals surface area (Å²) < 4.78 is 26.0. The van der Waals surface area contributed by atoms with E-state index in [-0.39, 0.29) is 0 Å². The molecule has 19 heavy (non-hydrogen) atoms. The van der Waals surface area contributed by atoms with Gasteiger partial charge in [0.1, 0.15) is 0 Å². The van der Waals surface area contributed by atoms with Crippen molar-refractivity contribution in [2.75, 3.05) is 25.0 Å². The molecule has 0 saturated carbocycles. The highest BCUT2D eigenvalue weighted by Gasteiger charge is 2.16. The molecule has 0 aliphatic carbocycles. The van der Waals surface area contributed by atoms with Crippen LogP contribution >= 0.6 is 0 Å². The van der Waals surface area contributed by atoms with Crippen molar-refractivity contribution in [1.82, 2.24) is 4.90 Å². The molecule has 1 aliphatic heterocycles. The van der Waals surface area contributed by atoms with Crippen LogP contribution < -0.4 is 5.32 Å². The molecule has 0 radical (unpaired) electrons. The van der Waals surface area contributed by atoms with Gasteiger partial charge in [0.15, 0.2) is 11.6 Å². The average Bonchev–Trinajstić information content (AvgIpc) is 2.60. The maximum absolute atomic E-state index is 13.2. The Morgan fingerprint density at radius 3 is 2.79 bits per heavy atom. The number of anilines is 1. The van der Waals surface area contributed by atoms with Crippen LogP contribution in [0.15, 0.2) is 18.2 Å². The first-order chi connectivity index (χ1) is 9.19. The zero-order valence-electron chi connectivity index (χ0n) is 11.5. The van der Waals surface area contributed by atoms with Crippen molar-refractivity contribution in [2.24, 2.45) is 0 Å². The largest absolute Gasteiger partial charge is 0.382 e. The van der Waals surface area contributed by atoms with Crippen LogP contribution in [-0.2, 0) is 0 Å². The van der Waals surface area contributed by atoms with E-state index in [0.717, 1.165) is 38.9 Å². The maximum atomic E-state index is 13.2. The quantitative estimate of drug-likeness (QED) is 0.897. The Balaban J connectivity index is 1.90. The summed E-state index contributed by atoms with van der Waals surface area (Å²) in [6.07, 6.45) is 4.47. The number of rotatable bonds is 4. The smallest absolute Gasteiger partial charge is 0.160 e. The fraction of sp³-hybridized carbons (Fsp3) is 0.600. The molecule has 1 atom stereocenters. The third-order valence-electron chi connectivity index (χ3n) is 3.65. The fourth-order valence-electron chi connectivity index (χ4n) is 2.66. The van der Waals surface area contributed by atoms with Gasteiger partial charge in [-0.25, -0.2) is 8.78 Å². The molecular weight excluding hydrogens is 246 g/mol. The number of hydrogen-bond donors (Lipinski definition) is 1. The lowest BCUT2D eigenvalue weighted by Gasteiger charge is -2.20. The molecular formula is C15H22F2N2. The maximum Gasteiger partial charge on any atom is 0.160 e. The molecule has 4 heteroatoms. The first-order valence-electron chi connectivity index (χ1n) is 7.13. The number of nitrogens with zero attached hydrogens (tertiary/aromatic N) is 1. The molecule has 1 heterocycles. The second-order valence-corrected chi connectivity index (χ2v) is 5.24. The summed E-state index contributed by atoms with van der Waals surface area (Å²) in [5.74, 6) is -1.58. The number of halogens is 2. The van der Waals surface area contributed by atoms with Gasteiger partial charge in [-0.05, 0) is 50.9 Å². The summed E-state index contributed by atoms with van der Waals surface area (Å²) in [6.45, 7) is 5.57. The second kappa shape index (κ2) is 6.85. The highest BCUT2D eigenvalue weighted by molar-refractivity contribution is 5.44. The lowest BCUT2D eigenvalue weighted by molar-refractivity contribution is 0.285. The summed E-state index contributed by atoms with van der Waals surface area (Å²) >= 11 is 0. The molecule has 1 unspecified atom stereocenters. The summed E-state index contributed by atoms with van der Waals surface area (Å²) in [5, 5.41) is 3.32. The van der Waals surface area contributed by atoms with E-state index in [4.69, 9.17) is 0 Å². The van der Waals surface area contributed by atoms with Crippen molar-refractivity contribution in [3.63, 3.8) is 0 Å². The summed E-state index contributed by atoms with van der Waals surface area (Å²) in [6, 6.07) is 4.38. The molecule has 1 aromatic carbocycles. The zero-order valence-corrected chi connectivity index (χ0v) is 11.5. The zero-order chi connectivity index (χ0) is 13.7. The molecule has 0 aromatic heterocycles. The Morgan fingerprint density at radius 2 is 2.05 bits per heavy atom. The van der Waals surface area contributed by atoms with Crippen LogP contribution in [0.5, 0.6) is 0 Å². The van der Waals surface area contributed by atoms with Gasteiger partial charge in [0.05, 0.1) is 0 Å². The molecule has 0 amide bonds. The predicted molar refractivity (Wildman–Crippen MR) is 74.4 cm³/mol. The minimum absolute atomic E-state index is 0.353. The summed E-state index contributed by atoms with van der Waals surface area (Å²) in [7, 11) is 0. The molecule has 1 aromatic rings. The number of likely N-dealkylation sites (tertiary alicyclic amines) is 1. The SMILES string of the molecule is CCCN1CCCC(Nc2ccc(F)c(F)c2)CC1. The molecule has 2 nitrogen and oxygen atoms in total. The van der Waals surface area contributed by atoms with E-state index in [1.807, 2.05) is 0 Å². The Morgan fingerprint density at radius 1 is 1.21 bits per heavy atom. The van der Waals surface area contributed by atoms with Gasteiger partial charge in [-0.2, -0.15) is 0 Å².